The molecule has 88 valence electrons. The van der Waals surface area contributed by atoms with Gasteiger partial charge in [0, 0.05) is 6.04 Å². The Kier molecular flexibility index (Phi) is 2.75. The van der Waals surface area contributed by atoms with Gasteiger partial charge in [0.2, 0.25) is 0 Å². The lowest BCUT2D eigenvalue weighted by molar-refractivity contribution is -0.141. The minimum Gasteiger partial charge on any atom is -0.393 e. The highest BCUT2D eigenvalue weighted by Gasteiger charge is 2.33. The summed E-state index contributed by atoms with van der Waals surface area (Å²) in [5.74, 6) is 0.201. The molecule has 6 heteroatoms. The molecule has 1 aliphatic rings. The van der Waals surface area contributed by atoms with Gasteiger partial charge in [-0.25, -0.2) is 4.98 Å². The van der Waals surface area contributed by atoms with E-state index in [4.69, 9.17) is 5.11 Å². The molecule has 0 aromatic carbocycles. The molecule has 1 aromatic rings. The van der Waals surface area contributed by atoms with Crippen LogP contribution in [0.5, 0.6) is 0 Å². The summed E-state index contributed by atoms with van der Waals surface area (Å²) in [5, 5.41) is 11.9. The molecule has 0 aliphatic heterocycles. The van der Waals surface area contributed by atoms with E-state index in [0.29, 0.717) is 12.8 Å². The molecule has 0 saturated heterocycles. The van der Waals surface area contributed by atoms with E-state index in [0.717, 1.165) is 6.07 Å². The molecular weight excluding hydrogens is 221 g/mol. The summed E-state index contributed by atoms with van der Waals surface area (Å²) in [5.41, 5.74) is -0.905. The lowest BCUT2D eigenvalue weighted by atomic mass is 9.89. The smallest absolute Gasteiger partial charge is 0.393 e. The summed E-state index contributed by atoms with van der Waals surface area (Å²) < 4.78 is 37.0. The van der Waals surface area contributed by atoms with Crippen LogP contribution in [0.25, 0.3) is 0 Å². The maximum absolute atomic E-state index is 12.3. The van der Waals surface area contributed by atoms with Gasteiger partial charge < -0.3 is 10.4 Å². The zero-order valence-electron chi connectivity index (χ0n) is 8.33. The Morgan fingerprint density at radius 3 is 2.56 bits per heavy atom. The molecule has 0 bridgehead atoms. The second-order valence-corrected chi connectivity index (χ2v) is 3.87. The van der Waals surface area contributed by atoms with E-state index in [-0.39, 0.29) is 18.0 Å². The van der Waals surface area contributed by atoms with E-state index in [1.54, 1.807) is 0 Å². The lowest BCUT2D eigenvalue weighted by Crippen LogP contribution is -2.39. The Balaban J connectivity index is 2.05. The van der Waals surface area contributed by atoms with Gasteiger partial charge in [0.15, 0.2) is 0 Å². The molecule has 1 aliphatic carbocycles. The van der Waals surface area contributed by atoms with Crippen molar-refractivity contribution in [1.29, 1.82) is 0 Å². The van der Waals surface area contributed by atoms with Crippen molar-refractivity contribution < 1.29 is 18.3 Å². The van der Waals surface area contributed by atoms with Gasteiger partial charge in [0.05, 0.1) is 6.10 Å². The van der Waals surface area contributed by atoms with Gasteiger partial charge >= 0.3 is 6.18 Å². The Morgan fingerprint density at radius 1 is 1.31 bits per heavy atom. The van der Waals surface area contributed by atoms with E-state index in [9.17, 15) is 13.2 Å². The summed E-state index contributed by atoms with van der Waals surface area (Å²) in [6.45, 7) is 0. The van der Waals surface area contributed by atoms with Crippen LogP contribution in [0.15, 0.2) is 18.2 Å². The van der Waals surface area contributed by atoms with Crippen molar-refractivity contribution in [2.75, 3.05) is 5.32 Å². The molecule has 2 rings (SSSR count). The first kappa shape index (κ1) is 11.2. The zero-order valence-corrected chi connectivity index (χ0v) is 8.33. The van der Waals surface area contributed by atoms with E-state index in [1.807, 2.05) is 0 Å². The molecule has 1 heterocycles. The average molecular weight is 232 g/mol. The van der Waals surface area contributed by atoms with Crippen LogP contribution < -0.4 is 5.32 Å². The molecular formula is C10H11F3N2O. The van der Waals surface area contributed by atoms with E-state index >= 15 is 0 Å². The molecule has 0 amide bonds. The molecule has 16 heavy (non-hydrogen) atoms. The van der Waals surface area contributed by atoms with E-state index in [1.165, 1.54) is 12.1 Å². The van der Waals surface area contributed by atoms with Gasteiger partial charge in [-0.15, -0.1) is 0 Å². The summed E-state index contributed by atoms with van der Waals surface area (Å²) in [6, 6.07) is 3.75. The summed E-state index contributed by atoms with van der Waals surface area (Å²) in [4.78, 5) is 3.47. The number of hydrogen-bond acceptors (Lipinski definition) is 3. The highest BCUT2D eigenvalue weighted by molar-refractivity contribution is 5.37. The standard InChI is InChI=1S/C10H11F3N2O/c11-10(12,13)8-2-1-3-9(15-8)14-6-4-7(16)5-6/h1-3,6-7,16H,4-5H2,(H,14,15). The van der Waals surface area contributed by atoms with Crippen LogP contribution in [0.1, 0.15) is 18.5 Å². The predicted molar refractivity (Wildman–Crippen MR) is 51.9 cm³/mol. The molecule has 1 saturated carbocycles. The van der Waals surface area contributed by atoms with Crippen LogP contribution in [0.3, 0.4) is 0 Å². The van der Waals surface area contributed by atoms with Crippen LogP contribution in [0.2, 0.25) is 0 Å². The number of anilines is 1. The Bertz CT molecular complexity index is 375. The van der Waals surface area contributed by atoms with Crippen LogP contribution in [-0.4, -0.2) is 22.2 Å². The van der Waals surface area contributed by atoms with Crippen molar-refractivity contribution in [1.82, 2.24) is 4.98 Å². The molecule has 1 aromatic heterocycles. The van der Waals surface area contributed by atoms with E-state index < -0.39 is 11.9 Å². The highest BCUT2D eigenvalue weighted by atomic mass is 19.4. The molecule has 2 N–H and O–H groups in total. The van der Waals surface area contributed by atoms with Gasteiger partial charge in [-0.3, -0.25) is 0 Å². The third kappa shape index (κ3) is 2.44. The van der Waals surface area contributed by atoms with Crippen molar-refractivity contribution >= 4 is 5.82 Å². The van der Waals surface area contributed by atoms with Crippen LogP contribution in [-0.2, 0) is 6.18 Å². The normalized spacial score (nSPS) is 25.0. The fourth-order valence-electron chi connectivity index (χ4n) is 1.59. The SMILES string of the molecule is OC1CC(Nc2cccc(C(F)(F)F)n2)C1. The predicted octanol–water partition coefficient (Wildman–Crippen LogP) is 2.04. The summed E-state index contributed by atoms with van der Waals surface area (Å²) >= 11 is 0. The third-order valence-electron chi connectivity index (χ3n) is 2.50. The van der Waals surface area contributed by atoms with Crippen molar-refractivity contribution in [2.24, 2.45) is 0 Å². The number of aliphatic hydroxyl groups excluding tert-OH is 1. The number of alkyl halides is 3. The number of aliphatic hydroxyl groups is 1. The van der Waals surface area contributed by atoms with Crippen molar-refractivity contribution in [3.63, 3.8) is 0 Å². The highest BCUT2D eigenvalue weighted by Crippen LogP contribution is 2.29. The first-order valence-corrected chi connectivity index (χ1v) is 4.94. The third-order valence-corrected chi connectivity index (χ3v) is 2.50. The van der Waals surface area contributed by atoms with Crippen LogP contribution >= 0.6 is 0 Å². The number of pyridine rings is 1. The van der Waals surface area contributed by atoms with Gasteiger partial charge in [-0.05, 0) is 25.0 Å². The average Bonchev–Trinajstić information content (AvgIpc) is 2.14. The first-order valence-electron chi connectivity index (χ1n) is 4.94. The first-order chi connectivity index (χ1) is 7.45. The fraction of sp³-hybridized carbons (Fsp3) is 0.500. The molecule has 1 fully saturated rings. The lowest BCUT2D eigenvalue weighted by Gasteiger charge is -2.32. The number of nitrogens with zero attached hydrogens (tertiary/aromatic N) is 1. The molecule has 0 spiro atoms. The van der Waals surface area contributed by atoms with Crippen molar-refractivity contribution in [3.8, 4) is 0 Å². The van der Waals surface area contributed by atoms with Crippen LogP contribution in [0.4, 0.5) is 19.0 Å². The van der Waals surface area contributed by atoms with Crippen LogP contribution in [0, 0.1) is 0 Å². The minimum absolute atomic E-state index is 0.0194. The number of hydrogen-bond donors (Lipinski definition) is 2. The zero-order chi connectivity index (χ0) is 11.8. The maximum Gasteiger partial charge on any atom is 0.433 e. The van der Waals surface area contributed by atoms with Gasteiger partial charge in [-0.2, -0.15) is 13.2 Å². The Hall–Kier alpha value is -1.30. The van der Waals surface area contributed by atoms with Gasteiger partial charge in [-0.1, -0.05) is 6.07 Å². The second kappa shape index (κ2) is 3.93. The number of aromatic nitrogens is 1. The molecule has 0 atom stereocenters. The summed E-state index contributed by atoms with van der Waals surface area (Å²) in [6.07, 6.45) is -3.66. The fourth-order valence-corrected chi connectivity index (χ4v) is 1.59. The topological polar surface area (TPSA) is 45.1 Å². The number of nitrogens with one attached hydrogen (secondary N) is 1. The van der Waals surface area contributed by atoms with Crippen molar-refractivity contribution in [3.05, 3.63) is 23.9 Å². The second-order valence-electron chi connectivity index (χ2n) is 3.87. The van der Waals surface area contributed by atoms with E-state index in [2.05, 4.69) is 10.3 Å². The Labute approximate surface area is 90.3 Å². The van der Waals surface area contributed by atoms with Gasteiger partial charge in [0.1, 0.15) is 11.5 Å². The minimum atomic E-state index is -4.42. The van der Waals surface area contributed by atoms with Crippen molar-refractivity contribution in [2.45, 2.75) is 31.2 Å². The van der Waals surface area contributed by atoms with Gasteiger partial charge in [0.25, 0.3) is 0 Å². The maximum atomic E-state index is 12.3. The molecule has 0 radical (unpaired) electrons. The number of rotatable bonds is 2. The Morgan fingerprint density at radius 2 is 2.00 bits per heavy atom. The quantitative estimate of drug-likeness (QED) is 0.820. The monoisotopic (exact) mass is 232 g/mol. The number of halogens is 3. The molecule has 0 unspecified atom stereocenters. The largest absolute Gasteiger partial charge is 0.433 e. The molecule has 3 nitrogen and oxygen atoms in total. The summed E-state index contributed by atoms with van der Waals surface area (Å²) in [7, 11) is 0.